The molecule has 1 aliphatic heterocycles. The first-order valence-electron chi connectivity index (χ1n) is 7.44. The van der Waals surface area contributed by atoms with E-state index in [1.807, 2.05) is 54.6 Å². The van der Waals surface area contributed by atoms with Crippen LogP contribution in [0.2, 0.25) is 0 Å². The predicted molar refractivity (Wildman–Crippen MR) is 87.3 cm³/mol. The number of amides is 1. The minimum Gasteiger partial charge on any atom is -0.492 e. The Kier molecular flexibility index (Phi) is 3.31. The van der Waals surface area contributed by atoms with Crippen LogP contribution in [0.25, 0.3) is 11.3 Å². The highest BCUT2D eigenvalue weighted by Crippen LogP contribution is 2.34. The van der Waals surface area contributed by atoms with Crippen molar-refractivity contribution in [1.29, 1.82) is 0 Å². The maximum atomic E-state index is 12.6. The van der Waals surface area contributed by atoms with E-state index >= 15 is 0 Å². The van der Waals surface area contributed by atoms with Crippen molar-refractivity contribution < 1.29 is 9.53 Å². The SMILES string of the molecule is O=C(Nc1cccc(-c2ccn[nH]2)c1)C1COc2ccccc21. The molecule has 1 unspecified atom stereocenters. The predicted octanol–water partition coefficient (Wildman–Crippen LogP) is 3.19. The third-order valence-electron chi connectivity index (χ3n) is 3.96. The number of ether oxygens (including phenoxy) is 1. The highest BCUT2D eigenvalue weighted by molar-refractivity contribution is 5.97. The smallest absolute Gasteiger partial charge is 0.235 e. The highest BCUT2D eigenvalue weighted by atomic mass is 16.5. The van der Waals surface area contributed by atoms with Gasteiger partial charge in [0.25, 0.3) is 0 Å². The van der Waals surface area contributed by atoms with Gasteiger partial charge < -0.3 is 10.1 Å². The molecule has 2 aromatic carbocycles. The lowest BCUT2D eigenvalue weighted by atomic mass is 10.0. The minimum absolute atomic E-state index is 0.0586. The van der Waals surface area contributed by atoms with Gasteiger partial charge in [-0.2, -0.15) is 5.10 Å². The zero-order valence-corrected chi connectivity index (χ0v) is 12.3. The molecule has 1 amide bonds. The van der Waals surface area contributed by atoms with E-state index in [1.165, 1.54) is 0 Å². The summed E-state index contributed by atoms with van der Waals surface area (Å²) < 4.78 is 5.58. The summed E-state index contributed by atoms with van der Waals surface area (Å²) in [6, 6.07) is 17.2. The zero-order chi connectivity index (χ0) is 15.6. The molecule has 114 valence electrons. The summed E-state index contributed by atoms with van der Waals surface area (Å²) in [4.78, 5) is 12.6. The maximum Gasteiger partial charge on any atom is 0.235 e. The van der Waals surface area contributed by atoms with Crippen LogP contribution in [0.3, 0.4) is 0 Å². The van der Waals surface area contributed by atoms with Crippen molar-refractivity contribution in [2.75, 3.05) is 11.9 Å². The second kappa shape index (κ2) is 5.61. The van der Waals surface area contributed by atoms with E-state index in [9.17, 15) is 4.79 Å². The molecule has 4 rings (SSSR count). The maximum absolute atomic E-state index is 12.6. The lowest BCUT2D eigenvalue weighted by Gasteiger charge is -2.11. The van der Waals surface area contributed by atoms with E-state index in [0.717, 1.165) is 28.3 Å². The second-order valence-electron chi connectivity index (χ2n) is 5.44. The van der Waals surface area contributed by atoms with Crippen LogP contribution in [0.15, 0.2) is 60.8 Å². The molecule has 0 spiro atoms. The van der Waals surface area contributed by atoms with Gasteiger partial charge in [-0.3, -0.25) is 9.89 Å². The van der Waals surface area contributed by atoms with Crippen molar-refractivity contribution in [2.45, 2.75) is 5.92 Å². The van der Waals surface area contributed by atoms with Gasteiger partial charge in [-0.05, 0) is 24.3 Å². The number of para-hydroxylation sites is 1. The molecule has 0 radical (unpaired) electrons. The van der Waals surface area contributed by atoms with Gasteiger partial charge in [0.1, 0.15) is 18.3 Å². The van der Waals surface area contributed by atoms with Crippen LogP contribution in [0.5, 0.6) is 5.75 Å². The summed E-state index contributed by atoms with van der Waals surface area (Å²) in [5.74, 6) is 0.456. The molecular formula is C18H15N3O2. The molecule has 2 heterocycles. The highest BCUT2D eigenvalue weighted by Gasteiger charge is 2.30. The molecule has 0 bridgehead atoms. The summed E-state index contributed by atoms with van der Waals surface area (Å²) in [7, 11) is 0. The van der Waals surface area contributed by atoms with E-state index in [2.05, 4.69) is 15.5 Å². The number of benzene rings is 2. The number of H-pyrrole nitrogens is 1. The number of nitrogens with zero attached hydrogens (tertiary/aromatic N) is 1. The molecule has 1 aliphatic rings. The Balaban J connectivity index is 1.55. The summed E-state index contributed by atoms with van der Waals surface area (Å²) in [5, 5.41) is 9.84. The van der Waals surface area contributed by atoms with Gasteiger partial charge >= 0.3 is 0 Å². The van der Waals surface area contributed by atoms with Gasteiger partial charge in [0, 0.05) is 23.0 Å². The Morgan fingerprint density at radius 3 is 2.96 bits per heavy atom. The van der Waals surface area contributed by atoms with Crippen molar-refractivity contribution in [3.05, 3.63) is 66.4 Å². The number of aromatic nitrogens is 2. The Morgan fingerprint density at radius 2 is 2.09 bits per heavy atom. The third-order valence-corrected chi connectivity index (χ3v) is 3.96. The Labute approximate surface area is 133 Å². The number of rotatable bonds is 3. The molecule has 5 nitrogen and oxygen atoms in total. The van der Waals surface area contributed by atoms with Gasteiger partial charge in [-0.15, -0.1) is 0 Å². The lowest BCUT2D eigenvalue weighted by Crippen LogP contribution is -2.22. The number of anilines is 1. The number of fused-ring (bicyclic) bond motifs is 1. The molecule has 0 saturated carbocycles. The topological polar surface area (TPSA) is 67.0 Å². The van der Waals surface area contributed by atoms with Crippen molar-refractivity contribution in [3.63, 3.8) is 0 Å². The van der Waals surface area contributed by atoms with Gasteiger partial charge in [0.15, 0.2) is 0 Å². The fourth-order valence-electron chi connectivity index (χ4n) is 2.79. The average molecular weight is 305 g/mol. The van der Waals surface area contributed by atoms with Crippen LogP contribution in [0, 0.1) is 0 Å². The van der Waals surface area contributed by atoms with E-state index in [0.29, 0.717) is 6.61 Å². The molecule has 2 N–H and O–H groups in total. The van der Waals surface area contributed by atoms with Gasteiger partial charge in [-0.25, -0.2) is 0 Å². The molecule has 1 atom stereocenters. The second-order valence-corrected chi connectivity index (χ2v) is 5.44. The third kappa shape index (κ3) is 2.57. The number of hydrogen-bond acceptors (Lipinski definition) is 3. The number of nitrogens with one attached hydrogen (secondary N) is 2. The van der Waals surface area contributed by atoms with Crippen LogP contribution < -0.4 is 10.1 Å². The number of carbonyl (C=O) groups excluding carboxylic acids is 1. The van der Waals surface area contributed by atoms with E-state index in [1.54, 1.807) is 6.20 Å². The van der Waals surface area contributed by atoms with Gasteiger partial charge in [0.05, 0.1) is 5.69 Å². The Morgan fingerprint density at radius 1 is 1.17 bits per heavy atom. The Hall–Kier alpha value is -3.08. The zero-order valence-electron chi connectivity index (χ0n) is 12.3. The van der Waals surface area contributed by atoms with Gasteiger partial charge in [0.2, 0.25) is 5.91 Å². The summed E-state index contributed by atoms with van der Waals surface area (Å²) in [6.07, 6.45) is 1.70. The first-order valence-corrected chi connectivity index (χ1v) is 7.44. The van der Waals surface area contributed by atoms with E-state index in [-0.39, 0.29) is 11.8 Å². The quantitative estimate of drug-likeness (QED) is 0.781. The van der Waals surface area contributed by atoms with Crippen molar-refractivity contribution in [3.8, 4) is 17.0 Å². The van der Waals surface area contributed by atoms with Gasteiger partial charge in [-0.1, -0.05) is 30.3 Å². The lowest BCUT2D eigenvalue weighted by molar-refractivity contribution is -0.117. The number of carbonyl (C=O) groups is 1. The van der Waals surface area contributed by atoms with Crippen LogP contribution >= 0.6 is 0 Å². The molecular weight excluding hydrogens is 290 g/mol. The average Bonchev–Trinajstić information content (AvgIpc) is 3.25. The summed E-state index contributed by atoms with van der Waals surface area (Å²) in [5.41, 5.74) is 3.58. The largest absolute Gasteiger partial charge is 0.492 e. The van der Waals surface area contributed by atoms with Crippen LogP contribution in [-0.4, -0.2) is 22.7 Å². The molecule has 23 heavy (non-hydrogen) atoms. The first kappa shape index (κ1) is 13.6. The van der Waals surface area contributed by atoms with E-state index in [4.69, 9.17) is 4.74 Å². The fraction of sp³-hybridized carbons (Fsp3) is 0.111. The molecule has 1 aromatic heterocycles. The van der Waals surface area contributed by atoms with Crippen molar-refractivity contribution >= 4 is 11.6 Å². The number of aromatic amines is 1. The summed E-state index contributed by atoms with van der Waals surface area (Å²) >= 11 is 0. The normalized spacial score (nSPS) is 15.7. The molecule has 0 fully saturated rings. The fourth-order valence-corrected chi connectivity index (χ4v) is 2.79. The molecule has 0 aliphatic carbocycles. The molecule has 0 saturated heterocycles. The monoisotopic (exact) mass is 305 g/mol. The Bertz CT molecular complexity index is 843. The molecule has 3 aromatic rings. The van der Waals surface area contributed by atoms with Crippen LogP contribution in [0.1, 0.15) is 11.5 Å². The van der Waals surface area contributed by atoms with E-state index < -0.39 is 0 Å². The minimum atomic E-state index is -0.276. The van der Waals surface area contributed by atoms with Crippen LogP contribution in [0.4, 0.5) is 5.69 Å². The number of hydrogen-bond donors (Lipinski definition) is 2. The standard InChI is InChI=1S/C18H15N3O2/c22-18(15-11-23-17-7-2-1-6-14(15)17)20-13-5-3-4-12(10-13)16-8-9-19-21-16/h1-10,15H,11H2,(H,19,21)(H,20,22). The van der Waals surface area contributed by atoms with Crippen molar-refractivity contribution in [2.24, 2.45) is 0 Å². The first-order chi connectivity index (χ1) is 11.3. The van der Waals surface area contributed by atoms with Crippen LogP contribution in [-0.2, 0) is 4.79 Å². The van der Waals surface area contributed by atoms with Crippen molar-refractivity contribution in [1.82, 2.24) is 10.2 Å². The summed E-state index contributed by atoms with van der Waals surface area (Å²) in [6.45, 7) is 0.380. The molecule has 5 heteroatoms.